The van der Waals surface area contributed by atoms with Gasteiger partial charge in [0.15, 0.2) is 0 Å². The summed E-state index contributed by atoms with van der Waals surface area (Å²) in [5.41, 5.74) is 7.38. The lowest BCUT2D eigenvalue weighted by Crippen LogP contribution is -2.40. The summed E-state index contributed by atoms with van der Waals surface area (Å²) in [5, 5.41) is 0. The minimum absolute atomic E-state index is 0.102. The Bertz CT molecular complexity index is 413. The molecular formula is C14H19BrFNO. The van der Waals surface area contributed by atoms with Crippen molar-refractivity contribution in [2.45, 2.75) is 25.8 Å². The maximum absolute atomic E-state index is 13.0. The van der Waals surface area contributed by atoms with Crippen LogP contribution in [0.25, 0.3) is 0 Å². The van der Waals surface area contributed by atoms with Crippen LogP contribution in [0.1, 0.15) is 18.9 Å². The van der Waals surface area contributed by atoms with Crippen molar-refractivity contribution in [1.82, 2.24) is 0 Å². The number of benzene rings is 1. The van der Waals surface area contributed by atoms with Gasteiger partial charge >= 0.3 is 0 Å². The lowest BCUT2D eigenvalue weighted by molar-refractivity contribution is 0.0157. The Labute approximate surface area is 116 Å². The molecule has 1 aromatic rings. The van der Waals surface area contributed by atoms with Crippen molar-refractivity contribution in [2.75, 3.05) is 13.2 Å². The number of hydrogen-bond acceptors (Lipinski definition) is 2. The van der Waals surface area contributed by atoms with E-state index in [9.17, 15) is 4.39 Å². The highest BCUT2D eigenvalue weighted by Gasteiger charge is 2.27. The molecule has 2 rings (SSSR count). The van der Waals surface area contributed by atoms with E-state index in [1.807, 2.05) is 6.07 Å². The van der Waals surface area contributed by atoms with Crippen LogP contribution in [-0.2, 0) is 11.2 Å². The Kier molecular flexibility index (Phi) is 4.76. The molecule has 3 unspecified atom stereocenters. The minimum Gasteiger partial charge on any atom is -0.381 e. The summed E-state index contributed by atoms with van der Waals surface area (Å²) in [7, 11) is 0. The Morgan fingerprint density at radius 3 is 3.00 bits per heavy atom. The topological polar surface area (TPSA) is 35.2 Å². The van der Waals surface area contributed by atoms with E-state index in [4.69, 9.17) is 10.5 Å². The number of ether oxygens (including phenoxy) is 1. The molecule has 0 radical (unpaired) electrons. The third-order valence-electron chi connectivity index (χ3n) is 3.73. The van der Waals surface area contributed by atoms with Gasteiger partial charge in [-0.15, -0.1) is 0 Å². The van der Waals surface area contributed by atoms with Crippen LogP contribution in [0, 0.1) is 17.7 Å². The average Bonchev–Trinajstić information content (AvgIpc) is 2.33. The summed E-state index contributed by atoms with van der Waals surface area (Å²) >= 11 is 3.39. The molecule has 4 heteroatoms. The third kappa shape index (κ3) is 3.31. The summed E-state index contributed by atoms with van der Waals surface area (Å²) in [4.78, 5) is 0. The normalized spacial score (nSPS) is 26.0. The second-order valence-electron chi connectivity index (χ2n) is 5.11. The number of nitrogens with two attached hydrogens (primary N) is 1. The SMILES string of the molecule is CC1COCCC1C(N)Cc1ccc(F)cc1Br. The van der Waals surface area contributed by atoms with Crippen molar-refractivity contribution in [3.8, 4) is 0 Å². The summed E-state index contributed by atoms with van der Waals surface area (Å²) in [6.45, 7) is 3.78. The molecule has 0 aromatic heterocycles. The molecule has 0 saturated carbocycles. The molecule has 1 aliphatic rings. The van der Waals surface area contributed by atoms with E-state index < -0.39 is 0 Å². The summed E-state index contributed by atoms with van der Waals surface area (Å²) in [6.07, 6.45) is 1.79. The van der Waals surface area contributed by atoms with Crippen LogP contribution >= 0.6 is 15.9 Å². The van der Waals surface area contributed by atoms with Gasteiger partial charge in [-0.1, -0.05) is 28.9 Å². The first kappa shape index (κ1) is 14.0. The van der Waals surface area contributed by atoms with Gasteiger partial charge in [0.25, 0.3) is 0 Å². The Balaban J connectivity index is 2.03. The van der Waals surface area contributed by atoms with Crippen LogP contribution in [-0.4, -0.2) is 19.3 Å². The molecule has 2 N–H and O–H groups in total. The molecule has 2 nitrogen and oxygen atoms in total. The molecule has 0 bridgehead atoms. The zero-order valence-electron chi connectivity index (χ0n) is 10.5. The maximum atomic E-state index is 13.0. The molecule has 3 atom stereocenters. The molecule has 1 heterocycles. The first-order valence-corrected chi connectivity index (χ1v) is 7.14. The lowest BCUT2D eigenvalue weighted by Gasteiger charge is -2.33. The highest BCUT2D eigenvalue weighted by molar-refractivity contribution is 9.10. The first-order chi connectivity index (χ1) is 8.58. The second kappa shape index (κ2) is 6.13. The highest BCUT2D eigenvalue weighted by Crippen LogP contribution is 2.27. The molecule has 0 aliphatic carbocycles. The van der Waals surface area contributed by atoms with Gasteiger partial charge < -0.3 is 10.5 Å². The molecule has 1 fully saturated rings. The molecule has 100 valence electrons. The van der Waals surface area contributed by atoms with Crippen molar-refractivity contribution >= 4 is 15.9 Å². The van der Waals surface area contributed by atoms with E-state index in [0.29, 0.717) is 11.8 Å². The van der Waals surface area contributed by atoms with Gasteiger partial charge in [-0.25, -0.2) is 4.39 Å². The van der Waals surface area contributed by atoms with Gasteiger partial charge in [0, 0.05) is 23.7 Å². The van der Waals surface area contributed by atoms with Crippen molar-refractivity contribution in [3.63, 3.8) is 0 Å². The smallest absolute Gasteiger partial charge is 0.124 e. The van der Waals surface area contributed by atoms with Gasteiger partial charge in [-0.2, -0.15) is 0 Å². The predicted octanol–water partition coefficient (Wildman–Crippen LogP) is 3.13. The molecule has 1 saturated heterocycles. The molecule has 0 spiro atoms. The van der Waals surface area contributed by atoms with Crippen LogP contribution in [0.3, 0.4) is 0 Å². The fraction of sp³-hybridized carbons (Fsp3) is 0.571. The standard InChI is InChI=1S/C14H19BrFNO/c1-9-8-18-5-4-12(9)14(17)6-10-2-3-11(16)7-13(10)15/h2-3,7,9,12,14H,4-6,8,17H2,1H3. The highest BCUT2D eigenvalue weighted by atomic mass is 79.9. The quantitative estimate of drug-likeness (QED) is 0.930. The van der Waals surface area contributed by atoms with Crippen LogP contribution in [0.2, 0.25) is 0 Å². The van der Waals surface area contributed by atoms with Gasteiger partial charge in [0.1, 0.15) is 5.82 Å². The molecule has 0 amide bonds. The van der Waals surface area contributed by atoms with E-state index in [2.05, 4.69) is 22.9 Å². The Morgan fingerprint density at radius 2 is 2.33 bits per heavy atom. The summed E-state index contributed by atoms with van der Waals surface area (Å²) in [6, 6.07) is 4.89. The molecular weight excluding hydrogens is 297 g/mol. The van der Waals surface area contributed by atoms with E-state index in [1.54, 1.807) is 0 Å². The lowest BCUT2D eigenvalue weighted by atomic mass is 9.81. The van der Waals surface area contributed by atoms with Gasteiger partial charge in [0.2, 0.25) is 0 Å². The number of rotatable bonds is 3. The molecule has 1 aromatic carbocycles. The Morgan fingerprint density at radius 1 is 1.56 bits per heavy atom. The van der Waals surface area contributed by atoms with Crippen molar-refractivity contribution < 1.29 is 9.13 Å². The van der Waals surface area contributed by atoms with Gasteiger partial charge in [0.05, 0.1) is 0 Å². The van der Waals surface area contributed by atoms with Gasteiger partial charge in [-0.3, -0.25) is 0 Å². The van der Waals surface area contributed by atoms with Crippen molar-refractivity contribution in [2.24, 2.45) is 17.6 Å². The van der Waals surface area contributed by atoms with Crippen LogP contribution in [0.5, 0.6) is 0 Å². The van der Waals surface area contributed by atoms with Crippen molar-refractivity contribution in [3.05, 3.63) is 34.1 Å². The van der Waals surface area contributed by atoms with E-state index >= 15 is 0 Å². The minimum atomic E-state index is -0.223. The van der Waals surface area contributed by atoms with E-state index in [1.165, 1.54) is 12.1 Å². The third-order valence-corrected chi connectivity index (χ3v) is 4.47. The summed E-state index contributed by atoms with van der Waals surface area (Å²) in [5.74, 6) is 0.752. The maximum Gasteiger partial charge on any atom is 0.124 e. The average molecular weight is 316 g/mol. The predicted molar refractivity (Wildman–Crippen MR) is 73.9 cm³/mol. The monoisotopic (exact) mass is 315 g/mol. The second-order valence-corrected chi connectivity index (χ2v) is 5.96. The fourth-order valence-corrected chi connectivity index (χ4v) is 3.14. The molecule has 18 heavy (non-hydrogen) atoms. The number of hydrogen-bond donors (Lipinski definition) is 1. The number of halogens is 2. The first-order valence-electron chi connectivity index (χ1n) is 6.35. The van der Waals surface area contributed by atoms with Gasteiger partial charge in [-0.05, 0) is 42.4 Å². The van der Waals surface area contributed by atoms with Crippen LogP contribution in [0.4, 0.5) is 4.39 Å². The zero-order valence-corrected chi connectivity index (χ0v) is 12.1. The summed E-state index contributed by atoms with van der Waals surface area (Å²) < 4.78 is 19.3. The van der Waals surface area contributed by atoms with Crippen LogP contribution < -0.4 is 5.73 Å². The Hall–Kier alpha value is -0.450. The molecule has 1 aliphatic heterocycles. The van der Waals surface area contributed by atoms with Crippen LogP contribution in [0.15, 0.2) is 22.7 Å². The fourth-order valence-electron chi connectivity index (χ4n) is 2.63. The zero-order chi connectivity index (χ0) is 13.1. The van der Waals surface area contributed by atoms with Crippen molar-refractivity contribution in [1.29, 1.82) is 0 Å². The van der Waals surface area contributed by atoms with E-state index in [0.717, 1.165) is 36.1 Å². The van der Waals surface area contributed by atoms with E-state index in [-0.39, 0.29) is 11.9 Å². The largest absolute Gasteiger partial charge is 0.381 e.